The summed E-state index contributed by atoms with van der Waals surface area (Å²) in [5.74, 6) is 1.81. The predicted molar refractivity (Wildman–Crippen MR) is 133 cm³/mol. The second-order valence-corrected chi connectivity index (χ2v) is 9.39. The average Bonchev–Trinajstić information content (AvgIpc) is 3.27. The van der Waals surface area contributed by atoms with Crippen LogP contribution in [0.4, 0.5) is 4.39 Å². The number of imidazole rings is 1. The minimum Gasteiger partial charge on any atom is -0.493 e. The molecule has 2 aromatic carbocycles. The fourth-order valence-electron chi connectivity index (χ4n) is 4.28. The molecule has 1 aromatic heterocycles. The van der Waals surface area contributed by atoms with Gasteiger partial charge >= 0.3 is 0 Å². The molecule has 36 heavy (non-hydrogen) atoms. The summed E-state index contributed by atoms with van der Waals surface area (Å²) in [6, 6.07) is 9.80. The monoisotopic (exact) mass is 519 g/mol. The predicted octanol–water partition coefficient (Wildman–Crippen LogP) is 3.45. The molecule has 0 saturated carbocycles. The van der Waals surface area contributed by atoms with Gasteiger partial charge in [-0.15, -0.1) is 0 Å². The summed E-state index contributed by atoms with van der Waals surface area (Å²) in [5, 5.41) is 21.6. The minimum atomic E-state index is -1.51. The van der Waals surface area contributed by atoms with Gasteiger partial charge in [0.2, 0.25) is 0 Å². The zero-order chi connectivity index (χ0) is 25.7. The number of aromatic nitrogens is 2. The topological polar surface area (TPSA) is 89.2 Å². The van der Waals surface area contributed by atoms with Gasteiger partial charge in [0, 0.05) is 38.1 Å². The molecule has 10 heteroatoms. The number of hydrogen-bond donors (Lipinski definition) is 2. The van der Waals surface area contributed by atoms with Crippen LogP contribution < -0.4 is 14.2 Å². The first kappa shape index (κ1) is 26.2. The Balaban J connectivity index is 1.38. The fraction of sp³-hybridized carbons (Fsp3) is 0.423. The molecule has 0 spiro atoms. The summed E-state index contributed by atoms with van der Waals surface area (Å²) in [5.41, 5.74) is -0.535. The number of nitrogens with zero attached hydrogens (tertiary/aromatic N) is 3. The number of methoxy groups -OCH3 is 1. The highest BCUT2D eigenvalue weighted by Gasteiger charge is 2.42. The molecule has 0 unspecified atom stereocenters. The summed E-state index contributed by atoms with van der Waals surface area (Å²) in [6.45, 7) is 4.19. The van der Waals surface area contributed by atoms with Gasteiger partial charge < -0.3 is 29.0 Å². The van der Waals surface area contributed by atoms with Gasteiger partial charge in [-0.2, -0.15) is 0 Å². The molecule has 4 rings (SSSR count). The van der Waals surface area contributed by atoms with E-state index in [1.54, 1.807) is 13.3 Å². The van der Waals surface area contributed by atoms with Gasteiger partial charge in [0.25, 0.3) is 0 Å². The van der Waals surface area contributed by atoms with Crippen LogP contribution in [0.15, 0.2) is 48.8 Å². The highest BCUT2D eigenvalue weighted by atomic mass is 35.5. The Labute approximate surface area is 214 Å². The molecule has 3 aromatic rings. The van der Waals surface area contributed by atoms with Crippen LogP contribution in [-0.4, -0.2) is 69.8 Å². The van der Waals surface area contributed by atoms with Crippen LogP contribution in [0, 0.1) is 12.7 Å². The molecule has 1 aliphatic heterocycles. The smallest absolute Gasteiger partial charge is 0.161 e. The summed E-state index contributed by atoms with van der Waals surface area (Å²) in [4.78, 5) is 6.26. The lowest BCUT2D eigenvalue weighted by Crippen LogP contribution is -2.59. The Morgan fingerprint density at radius 2 is 2.03 bits per heavy atom. The van der Waals surface area contributed by atoms with Crippen LogP contribution in [0.2, 0.25) is 5.02 Å². The first-order chi connectivity index (χ1) is 17.3. The van der Waals surface area contributed by atoms with Crippen molar-refractivity contribution in [3.05, 3.63) is 71.0 Å². The van der Waals surface area contributed by atoms with Crippen molar-refractivity contribution < 1.29 is 28.8 Å². The Kier molecular flexibility index (Phi) is 8.35. The number of aryl methyl sites for hydroxylation is 1. The van der Waals surface area contributed by atoms with Gasteiger partial charge in [-0.1, -0.05) is 17.7 Å². The van der Waals surface area contributed by atoms with E-state index in [0.717, 1.165) is 17.5 Å². The number of ether oxygens (including phenoxy) is 3. The van der Waals surface area contributed by atoms with Gasteiger partial charge in [0.05, 0.1) is 24.8 Å². The highest BCUT2D eigenvalue weighted by molar-refractivity contribution is 6.30. The van der Waals surface area contributed by atoms with Crippen LogP contribution in [0.25, 0.3) is 0 Å². The third-order valence-electron chi connectivity index (χ3n) is 6.36. The Morgan fingerprint density at radius 3 is 2.75 bits per heavy atom. The van der Waals surface area contributed by atoms with Crippen molar-refractivity contribution >= 4 is 11.6 Å². The summed E-state index contributed by atoms with van der Waals surface area (Å²) in [6.07, 6.45) is 3.07. The van der Waals surface area contributed by atoms with Gasteiger partial charge in [-0.3, -0.25) is 4.90 Å². The second kappa shape index (κ2) is 11.5. The van der Waals surface area contributed by atoms with E-state index in [-0.39, 0.29) is 23.9 Å². The standard InChI is InChI=1S/C26H31ClFN3O5/c1-18-29-8-10-31(18)11-12-35-24-13-19(3-6-23(24)34-2)15-30-9-7-25(32)26(33,16-30)17-36-20-4-5-21(27)22(28)14-20/h3-6,8,10,13-14,25,32-33H,7,9,11-12,15-17H2,1-2H3/t25-,26-/m0/s1. The van der Waals surface area contributed by atoms with E-state index in [1.807, 2.05) is 40.8 Å². The normalized spacial score (nSPS) is 20.3. The molecule has 0 amide bonds. The van der Waals surface area contributed by atoms with E-state index in [9.17, 15) is 14.6 Å². The fourth-order valence-corrected chi connectivity index (χ4v) is 4.40. The largest absolute Gasteiger partial charge is 0.493 e. The summed E-state index contributed by atoms with van der Waals surface area (Å²) >= 11 is 5.72. The van der Waals surface area contributed by atoms with E-state index in [4.69, 9.17) is 25.8 Å². The Morgan fingerprint density at radius 1 is 1.19 bits per heavy atom. The third kappa shape index (κ3) is 6.28. The van der Waals surface area contributed by atoms with Crippen molar-refractivity contribution in [1.29, 1.82) is 0 Å². The average molecular weight is 520 g/mol. The number of β-amino-alcohol motifs (C(OH)–C–C–N with tert-alkyl or cyclic N) is 1. The molecule has 2 heterocycles. The molecule has 2 atom stereocenters. The number of benzene rings is 2. The van der Waals surface area contributed by atoms with Gasteiger partial charge in [-0.25, -0.2) is 9.37 Å². The lowest BCUT2D eigenvalue weighted by molar-refractivity contribution is -0.140. The van der Waals surface area contributed by atoms with Crippen molar-refractivity contribution in [3.63, 3.8) is 0 Å². The summed E-state index contributed by atoms with van der Waals surface area (Å²) in [7, 11) is 1.60. The minimum absolute atomic E-state index is 0.00961. The van der Waals surface area contributed by atoms with Crippen LogP contribution >= 0.6 is 11.6 Å². The molecule has 1 fully saturated rings. The molecule has 1 saturated heterocycles. The number of aliphatic hydroxyl groups excluding tert-OH is 1. The van der Waals surface area contributed by atoms with Crippen LogP contribution in [-0.2, 0) is 13.1 Å². The third-order valence-corrected chi connectivity index (χ3v) is 6.67. The van der Waals surface area contributed by atoms with E-state index in [2.05, 4.69) is 4.98 Å². The SMILES string of the molecule is COc1ccc(CN2CC[C@H](O)[C@@](O)(COc3ccc(Cl)c(F)c3)C2)cc1OCCn1ccnc1C. The van der Waals surface area contributed by atoms with E-state index in [1.165, 1.54) is 12.1 Å². The van der Waals surface area contributed by atoms with Gasteiger partial charge in [0.1, 0.15) is 36.2 Å². The number of piperidine rings is 1. The van der Waals surface area contributed by atoms with E-state index in [0.29, 0.717) is 44.2 Å². The van der Waals surface area contributed by atoms with E-state index < -0.39 is 17.5 Å². The van der Waals surface area contributed by atoms with Crippen molar-refractivity contribution in [3.8, 4) is 17.2 Å². The number of rotatable bonds is 10. The molecule has 8 nitrogen and oxygen atoms in total. The maximum absolute atomic E-state index is 13.7. The molecule has 0 bridgehead atoms. The molecule has 194 valence electrons. The highest BCUT2D eigenvalue weighted by Crippen LogP contribution is 2.30. The van der Waals surface area contributed by atoms with Crippen molar-refractivity contribution in [2.75, 3.05) is 33.4 Å². The molecular weight excluding hydrogens is 489 g/mol. The van der Waals surface area contributed by atoms with Gasteiger partial charge in [0.15, 0.2) is 11.5 Å². The van der Waals surface area contributed by atoms with Crippen molar-refractivity contribution in [2.45, 2.75) is 38.1 Å². The molecule has 0 aliphatic carbocycles. The number of aliphatic hydroxyl groups is 2. The van der Waals surface area contributed by atoms with Crippen LogP contribution in [0.5, 0.6) is 17.2 Å². The van der Waals surface area contributed by atoms with E-state index >= 15 is 0 Å². The molecule has 1 aliphatic rings. The maximum atomic E-state index is 13.7. The Bertz CT molecular complexity index is 1180. The maximum Gasteiger partial charge on any atom is 0.161 e. The van der Waals surface area contributed by atoms with Crippen LogP contribution in [0.3, 0.4) is 0 Å². The van der Waals surface area contributed by atoms with Gasteiger partial charge in [-0.05, 0) is 43.2 Å². The number of likely N-dealkylation sites (tertiary alicyclic amines) is 1. The first-order valence-electron chi connectivity index (χ1n) is 11.8. The number of halogens is 2. The zero-order valence-corrected chi connectivity index (χ0v) is 21.1. The van der Waals surface area contributed by atoms with Crippen molar-refractivity contribution in [1.82, 2.24) is 14.5 Å². The zero-order valence-electron chi connectivity index (χ0n) is 20.4. The quantitative estimate of drug-likeness (QED) is 0.424. The molecule has 0 radical (unpaired) electrons. The first-order valence-corrected chi connectivity index (χ1v) is 12.1. The second-order valence-electron chi connectivity index (χ2n) is 8.98. The Hall–Kier alpha value is -2.85. The molecule has 2 N–H and O–H groups in total. The lowest BCUT2D eigenvalue weighted by atomic mass is 9.90. The van der Waals surface area contributed by atoms with Crippen LogP contribution in [0.1, 0.15) is 17.8 Å². The molecular formula is C26H31ClFN3O5. The number of hydrogen-bond acceptors (Lipinski definition) is 7. The lowest BCUT2D eigenvalue weighted by Gasteiger charge is -2.42. The van der Waals surface area contributed by atoms with Crippen molar-refractivity contribution in [2.24, 2.45) is 0 Å². The summed E-state index contributed by atoms with van der Waals surface area (Å²) < 4.78 is 32.8.